The summed E-state index contributed by atoms with van der Waals surface area (Å²) in [4.78, 5) is 0. The molecule has 0 aliphatic rings. The van der Waals surface area contributed by atoms with Gasteiger partial charge in [0.05, 0.1) is 13.2 Å². The Hall–Kier alpha value is -2.55. The SMILES string of the molecule is CC/C(C)=C/CC/C=C(\C)CC(Nc1ccc(OC)cc1)c1ccc(F)cc1. The molecule has 3 heteroatoms. The number of anilines is 1. The van der Waals surface area contributed by atoms with E-state index in [4.69, 9.17) is 4.74 Å². The second-order valence-electron chi connectivity index (χ2n) is 7.21. The zero-order valence-corrected chi connectivity index (χ0v) is 17.5. The van der Waals surface area contributed by atoms with Gasteiger partial charge in [0, 0.05) is 5.69 Å². The van der Waals surface area contributed by atoms with Gasteiger partial charge in [-0.1, -0.05) is 42.4 Å². The minimum Gasteiger partial charge on any atom is -0.497 e. The summed E-state index contributed by atoms with van der Waals surface area (Å²) in [5.74, 6) is 0.618. The molecule has 150 valence electrons. The first-order valence-corrected chi connectivity index (χ1v) is 9.99. The summed E-state index contributed by atoms with van der Waals surface area (Å²) in [6.45, 7) is 6.54. The molecule has 0 saturated carbocycles. The molecule has 0 radical (unpaired) electrons. The van der Waals surface area contributed by atoms with Crippen molar-refractivity contribution in [1.82, 2.24) is 0 Å². The van der Waals surface area contributed by atoms with Gasteiger partial charge in [-0.3, -0.25) is 0 Å². The maximum absolute atomic E-state index is 13.4. The van der Waals surface area contributed by atoms with Crippen LogP contribution in [0.2, 0.25) is 0 Å². The van der Waals surface area contributed by atoms with Gasteiger partial charge in [-0.15, -0.1) is 0 Å². The summed E-state index contributed by atoms with van der Waals surface area (Å²) in [6.07, 6.45) is 8.73. The van der Waals surface area contributed by atoms with Crippen LogP contribution in [0.1, 0.15) is 58.1 Å². The van der Waals surface area contributed by atoms with E-state index in [0.29, 0.717) is 0 Å². The highest BCUT2D eigenvalue weighted by atomic mass is 19.1. The van der Waals surface area contributed by atoms with Crippen molar-refractivity contribution >= 4 is 5.69 Å². The van der Waals surface area contributed by atoms with Crippen LogP contribution in [-0.2, 0) is 0 Å². The van der Waals surface area contributed by atoms with Crippen LogP contribution in [0.5, 0.6) is 5.75 Å². The van der Waals surface area contributed by atoms with E-state index in [1.165, 1.54) is 23.3 Å². The maximum Gasteiger partial charge on any atom is 0.123 e. The standard InChI is InChI=1S/C25H32FNO/c1-5-19(2)8-6-7-9-20(3)18-25(21-10-12-22(26)13-11-21)27-23-14-16-24(28-4)17-15-23/h8-17,25,27H,5-7,18H2,1-4H3/b19-8+,20-9+. The van der Waals surface area contributed by atoms with Crippen molar-refractivity contribution in [2.24, 2.45) is 0 Å². The van der Waals surface area contributed by atoms with Gasteiger partial charge in [-0.2, -0.15) is 0 Å². The molecular formula is C25H32FNO. The number of methoxy groups -OCH3 is 1. The second kappa shape index (κ2) is 11.3. The number of ether oxygens (including phenoxy) is 1. The molecule has 0 aliphatic carbocycles. The largest absolute Gasteiger partial charge is 0.497 e. The lowest BCUT2D eigenvalue weighted by Crippen LogP contribution is -2.11. The number of rotatable bonds is 10. The third kappa shape index (κ3) is 7.22. The average molecular weight is 382 g/mol. The molecule has 0 amide bonds. The molecule has 0 heterocycles. The molecule has 28 heavy (non-hydrogen) atoms. The van der Waals surface area contributed by atoms with E-state index >= 15 is 0 Å². The first kappa shape index (κ1) is 21.7. The quantitative estimate of drug-likeness (QED) is 0.340. The van der Waals surface area contributed by atoms with E-state index in [2.05, 4.69) is 38.2 Å². The van der Waals surface area contributed by atoms with Crippen LogP contribution in [0.25, 0.3) is 0 Å². The van der Waals surface area contributed by atoms with Crippen molar-refractivity contribution in [3.05, 3.63) is 83.2 Å². The van der Waals surface area contributed by atoms with Gasteiger partial charge in [0.2, 0.25) is 0 Å². The Labute approximate surface area is 169 Å². The lowest BCUT2D eigenvalue weighted by atomic mass is 9.98. The van der Waals surface area contributed by atoms with Crippen LogP contribution in [0.4, 0.5) is 10.1 Å². The van der Waals surface area contributed by atoms with Gasteiger partial charge in [0.15, 0.2) is 0 Å². The first-order chi connectivity index (χ1) is 13.5. The fourth-order valence-electron chi connectivity index (χ4n) is 3.04. The topological polar surface area (TPSA) is 21.3 Å². The Morgan fingerprint density at radius 1 is 0.964 bits per heavy atom. The Bertz CT molecular complexity index is 775. The molecule has 0 fully saturated rings. The molecule has 2 rings (SSSR count). The third-order valence-electron chi connectivity index (χ3n) is 4.94. The lowest BCUT2D eigenvalue weighted by molar-refractivity contribution is 0.415. The summed E-state index contributed by atoms with van der Waals surface area (Å²) in [5, 5.41) is 3.58. The van der Waals surface area contributed by atoms with E-state index in [1.807, 2.05) is 36.4 Å². The predicted octanol–water partition coefficient (Wildman–Crippen LogP) is 7.46. The number of benzene rings is 2. The summed E-state index contributed by atoms with van der Waals surface area (Å²) < 4.78 is 18.6. The zero-order chi connectivity index (χ0) is 20.4. The van der Waals surface area contributed by atoms with Gasteiger partial charge in [0.25, 0.3) is 0 Å². The third-order valence-corrected chi connectivity index (χ3v) is 4.94. The van der Waals surface area contributed by atoms with Crippen molar-refractivity contribution in [1.29, 1.82) is 0 Å². The summed E-state index contributed by atoms with van der Waals surface area (Å²) >= 11 is 0. The molecule has 0 bridgehead atoms. The van der Waals surface area contributed by atoms with E-state index in [0.717, 1.165) is 42.7 Å². The van der Waals surface area contributed by atoms with Crippen LogP contribution < -0.4 is 10.1 Å². The highest BCUT2D eigenvalue weighted by Gasteiger charge is 2.12. The molecule has 1 unspecified atom stereocenters. The highest BCUT2D eigenvalue weighted by molar-refractivity contribution is 5.48. The van der Waals surface area contributed by atoms with Gasteiger partial charge in [-0.25, -0.2) is 4.39 Å². The fraction of sp³-hybridized carbons (Fsp3) is 0.360. The molecule has 2 aromatic carbocycles. The maximum atomic E-state index is 13.4. The fourth-order valence-corrected chi connectivity index (χ4v) is 3.04. The van der Waals surface area contributed by atoms with Crippen LogP contribution in [0.3, 0.4) is 0 Å². The number of halogens is 1. The normalized spacial score (nSPS) is 13.3. The first-order valence-electron chi connectivity index (χ1n) is 9.99. The van der Waals surface area contributed by atoms with Crippen molar-refractivity contribution in [3.63, 3.8) is 0 Å². The monoisotopic (exact) mass is 381 g/mol. The van der Waals surface area contributed by atoms with Crippen LogP contribution >= 0.6 is 0 Å². The Balaban J connectivity index is 2.10. The molecule has 0 spiro atoms. The van der Waals surface area contributed by atoms with E-state index in [1.54, 1.807) is 7.11 Å². The van der Waals surface area contributed by atoms with Crippen molar-refractivity contribution < 1.29 is 9.13 Å². The molecule has 2 nitrogen and oxygen atoms in total. The number of allylic oxidation sites excluding steroid dienone is 3. The highest BCUT2D eigenvalue weighted by Crippen LogP contribution is 2.27. The number of nitrogens with one attached hydrogen (secondary N) is 1. The molecule has 1 atom stereocenters. The van der Waals surface area contributed by atoms with Gasteiger partial charge < -0.3 is 10.1 Å². The average Bonchev–Trinajstić information content (AvgIpc) is 2.71. The van der Waals surface area contributed by atoms with Crippen molar-refractivity contribution in [2.75, 3.05) is 12.4 Å². The van der Waals surface area contributed by atoms with Gasteiger partial charge >= 0.3 is 0 Å². The van der Waals surface area contributed by atoms with Crippen LogP contribution in [0.15, 0.2) is 71.8 Å². The molecule has 0 saturated heterocycles. The Morgan fingerprint density at radius 2 is 1.57 bits per heavy atom. The lowest BCUT2D eigenvalue weighted by Gasteiger charge is -2.21. The van der Waals surface area contributed by atoms with E-state index in [-0.39, 0.29) is 11.9 Å². The molecular weight excluding hydrogens is 349 g/mol. The van der Waals surface area contributed by atoms with E-state index in [9.17, 15) is 4.39 Å². The van der Waals surface area contributed by atoms with E-state index < -0.39 is 0 Å². The minimum atomic E-state index is -0.211. The summed E-state index contributed by atoms with van der Waals surface area (Å²) in [6, 6.07) is 14.7. The molecule has 0 aliphatic heterocycles. The number of hydrogen-bond acceptors (Lipinski definition) is 2. The van der Waals surface area contributed by atoms with Crippen LogP contribution in [-0.4, -0.2) is 7.11 Å². The predicted molar refractivity (Wildman–Crippen MR) is 117 cm³/mol. The molecule has 2 aromatic rings. The molecule has 0 aromatic heterocycles. The van der Waals surface area contributed by atoms with Crippen molar-refractivity contribution in [3.8, 4) is 5.75 Å². The number of unbranched alkanes of at least 4 members (excludes halogenated alkanes) is 1. The smallest absolute Gasteiger partial charge is 0.123 e. The Morgan fingerprint density at radius 3 is 2.14 bits per heavy atom. The van der Waals surface area contributed by atoms with Gasteiger partial charge in [-0.05, 0) is 81.5 Å². The second-order valence-corrected chi connectivity index (χ2v) is 7.21. The minimum absolute atomic E-state index is 0.0816. The van der Waals surface area contributed by atoms with Crippen LogP contribution in [0, 0.1) is 5.82 Å². The number of hydrogen-bond donors (Lipinski definition) is 1. The van der Waals surface area contributed by atoms with Crippen molar-refractivity contribution in [2.45, 2.75) is 52.5 Å². The zero-order valence-electron chi connectivity index (χ0n) is 17.5. The summed E-state index contributed by atoms with van der Waals surface area (Å²) in [7, 11) is 1.66. The summed E-state index contributed by atoms with van der Waals surface area (Å²) in [5.41, 5.74) is 4.87. The Kier molecular flexibility index (Phi) is 8.80. The van der Waals surface area contributed by atoms with Gasteiger partial charge in [0.1, 0.15) is 11.6 Å². The molecule has 1 N–H and O–H groups in total.